The number of halogens is 1. The Kier molecular flexibility index (Phi) is 5.31. The van der Waals surface area contributed by atoms with Crippen LogP contribution >= 0.6 is 0 Å². The minimum Gasteiger partial charge on any atom is -0.494 e. The summed E-state index contributed by atoms with van der Waals surface area (Å²) in [5.74, 6) is 0.0957. The first kappa shape index (κ1) is 18.8. The zero-order valence-corrected chi connectivity index (χ0v) is 15.7. The molecule has 0 unspecified atom stereocenters. The molecule has 0 aliphatic carbocycles. The fraction of sp³-hybridized carbons (Fsp3) is 0.471. The molecule has 2 atom stereocenters. The first-order valence-corrected chi connectivity index (χ1v) is 9.79. The van der Waals surface area contributed by atoms with Gasteiger partial charge in [0.05, 0.1) is 32.1 Å². The van der Waals surface area contributed by atoms with Crippen LogP contribution in [0, 0.1) is 11.7 Å². The molecule has 0 N–H and O–H groups in total. The highest BCUT2D eigenvalue weighted by Gasteiger charge is 2.35. The van der Waals surface area contributed by atoms with Crippen LogP contribution in [0.1, 0.15) is 6.04 Å². The molecule has 142 valence electrons. The number of benzene rings is 1. The van der Waals surface area contributed by atoms with Crippen molar-refractivity contribution >= 4 is 10.0 Å². The molecular weight excluding hydrogens is 361 g/mol. The van der Waals surface area contributed by atoms with Crippen LogP contribution in [0.2, 0.25) is 0 Å². The first-order chi connectivity index (χ1) is 12.3. The zero-order valence-electron chi connectivity index (χ0n) is 14.9. The van der Waals surface area contributed by atoms with E-state index in [0.29, 0.717) is 24.6 Å². The minimum absolute atomic E-state index is 0.00493. The lowest BCUT2D eigenvalue weighted by Gasteiger charge is -2.22. The van der Waals surface area contributed by atoms with Crippen LogP contribution in [0.25, 0.3) is 11.4 Å². The molecule has 26 heavy (non-hydrogen) atoms. The molecule has 0 saturated carbocycles. The summed E-state index contributed by atoms with van der Waals surface area (Å²) < 4.78 is 51.9. The fourth-order valence-corrected chi connectivity index (χ4v) is 4.23. The summed E-state index contributed by atoms with van der Waals surface area (Å²) >= 11 is 0. The molecule has 1 fully saturated rings. The molecule has 2 aromatic rings. The van der Waals surface area contributed by atoms with Gasteiger partial charge in [-0.3, -0.25) is 0 Å². The fourth-order valence-electron chi connectivity index (χ4n) is 3.08. The Labute approximate surface area is 152 Å². The molecule has 2 heterocycles. The number of hydrogen-bond donors (Lipinski definition) is 0. The highest BCUT2D eigenvalue weighted by molar-refractivity contribution is 7.89. The van der Waals surface area contributed by atoms with Gasteiger partial charge >= 0.3 is 0 Å². The highest BCUT2D eigenvalue weighted by Crippen LogP contribution is 2.33. The predicted molar refractivity (Wildman–Crippen MR) is 95.0 cm³/mol. The van der Waals surface area contributed by atoms with E-state index in [1.54, 1.807) is 24.5 Å². The van der Waals surface area contributed by atoms with E-state index in [1.807, 2.05) is 4.57 Å². The topological polar surface area (TPSA) is 73.7 Å². The Bertz CT molecular complexity index is 882. The van der Waals surface area contributed by atoms with Gasteiger partial charge in [0, 0.05) is 38.0 Å². The van der Waals surface area contributed by atoms with E-state index >= 15 is 0 Å². The second kappa shape index (κ2) is 7.34. The van der Waals surface area contributed by atoms with Crippen molar-refractivity contribution < 1.29 is 22.3 Å². The molecule has 1 aliphatic heterocycles. The summed E-state index contributed by atoms with van der Waals surface area (Å²) in [7, 11) is 1.10. The summed E-state index contributed by atoms with van der Waals surface area (Å²) in [6.07, 6.45) is 3.43. The Morgan fingerprint density at radius 3 is 2.85 bits per heavy atom. The summed E-state index contributed by atoms with van der Waals surface area (Å²) in [6, 6.07) is 4.36. The van der Waals surface area contributed by atoms with E-state index in [9.17, 15) is 12.8 Å². The summed E-state index contributed by atoms with van der Waals surface area (Å²) in [4.78, 5) is 4.37. The number of nitrogens with zero attached hydrogens (tertiary/aromatic N) is 3. The second-order valence-corrected chi connectivity index (χ2v) is 8.66. The van der Waals surface area contributed by atoms with Gasteiger partial charge in [0.1, 0.15) is 5.82 Å². The normalized spacial score (nSPS) is 20.7. The van der Waals surface area contributed by atoms with Crippen LogP contribution in [-0.2, 0) is 14.8 Å². The monoisotopic (exact) mass is 383 g/mol. The lowest BCUT2D eigenvalue weighted by Crippen LogP contribution is -2.32. The SMILES string of the molecule is COc1cc(-c2nccn2[C@@H]2COC[C@@H]2CS(=O)(=O)N(C)C)ccc1F. The standard InChI is InChI=1S/C17H22FN3O4S/c1-20(2)26(22,23)11-13-9-25-10-15(13)21-7-6-19-17(21)12-4-5-14(18)16(8-12)24-3/h4-8,13,15H,9-11H2,1-3H3/t13-,15-/m1/s1. The van der Waals surface area contributed by atoms with Crippen molar-refractivity contribution in [2.24, 2.45) is 5.92 Å². The van der Waals surface area contributed by atoms with Gasteiger partial charge in [-0.05, 0) is 18.2 Å². The number of aromatic nitrogens is 2. The molecule has 9 heteroatoms. The third-order valence-corrected chi connectivity index (χ3v) is 6.54. The van der Waals surface area contributed by atoms with E-state index in [2.05, 4.69) is 4.98 Å². The molecule has 0 spiro atoms. The van der Waals surface area contributed by atoms with Crippen LogP contribution in [0.4, 0.5) is 4.39 Å². The predicted octanol–water partition coefficient (Wildman–Crippen LogP) is 1.78. The number of sulfonamides is 1. The van der Waals surface area contributed by atoms with Crippen molar-refractivity contribution in [2.45, 2.75) is 6.04 Å². The molecular formula is C17H22FN3O4S. The molecule has 3 rings (SSSR count). The molecule has 1 saturated heterocycles. The van der Waals surface area contributed by atoms with Crippen molar-refractivity contribution in [1.82, 2.24) is 13.9 Å². The molecule has 1 aromatic heterocycles. The van der Waals surface area contributed by atoms with Gasteiger partial charge in [-0.2, -0.15) is 0 Å². The van der Waals surface area contributed by atoms with Crippen molar-refractivity contribution in [3.05, 3.63) is 36.4 Å². The summed E-state index contributed by atoms with van der Waals surface area (Å²) in [6.45, 7) is 0.761. The van der Waals surface area contributed by atoms with Crippen molar-refractivity contribution in [2.75, 3.05) is 40.2 Å². The smallest absolute Gasteiger partial charge is 0.214 e. The molecule has 0 radical (unpaired) electrons. The van der Waals surface area contributed by atoms with Gasteiger partial charge in [-0.25, -0.2) is 22.1 Å². The number of ether oxygens (including phenoxy) is 2. The minimum atomic E-state index is -3.35. The largest absolute Gasteiger partial charge is 0.494 e. The van der Waals surface area contributed by atoms with Gasteiger partial charge in [-0.1, -0.05) is 0 Å². The lowest BCUT2D eigenvalue weighted by atomic mass is 10.1. The number of hydrogen-bond acceptors (Lipinski definition) is 5. The van der Waals surface area contributed by atoms with Crippen molar-refractivity contribution in [1.29, 1.82) is 0 Å². The lowest BCUT2D eigenvalue weighted by molar-refractivity contribution is 0.182. The Morgan fingerprint density at radius 2 is 2.15 bits per heavy atom. The third kappa shape index (κ3) is 3.60. The van der Waals surface area contributed by atoms with E-state index in [-0.39, 0.29) is 23.5 Å². The second-order valence-electron chi connectivity index (χ2n) is 6.43. The highest BCUT2D eigenvalue weighted by atomic mass is 32.2. The average Bonchev–Trinajstić information content (AvgIpc) is 3.23. The Hall–Kier alpha value is -1.97. The van der Waals surface area contributed by atoms with Crippen molar-refractivity contribution in [3.8, 4) is 17.1 Å². The zero-order chi connectivity index (χ0) is 18.9. The Morgan fingerprint density at radius 1 is 1.38 bits per heavy atom. The molecule has 0 bridgehead atoms. The maximum Gasteiger partial charge on any atom is 0.214 e. The molecule has 7 nitrogen and oxygen atoms in total. The number of methoxy groups -OCH3 is 1. The maximum atomic E-state index is 13.7. The number of imidazole rings is 1. The van der Waals surface area contributed by atoms with Gasteiger partial charge < -0.3 is 14.0 Å². The summed E-state index contributed by atoms with van der Waals surface area (Å²) in [5, 5.41) is 0. The first-order valence-electron chi connectivity index (χ1n) is 8.18. The quantitative estimate of drug-likeness (QED) is 0.760. The molecule has 1 aromatic carbocycles. The average molecular weight is 383 g/mol. The van der Waals surface area contributed by atoms with E-state index < -0.39 is 15.8 Å². The van der Waals surface area contributed by atoms with Crippen LogP contribution in [-0.4, -0.2) is 62.4 Å². The van der Waals surface area contributed by atoms with Gasteiger partial charge in [0.15, 0.2) is 11.6 Å². The van der Waals surface area contributed by atoms with Crippen LogP contribution < -0.4 is 4.74 Å². The Balaban J connectivity index is 1.92. The third-order valence-electron chi connectivity index (χ3n) is 4.58. The molecule has 1 aliphatic rings. The van der Waals surface area contributed by atoms with Gasteiger partial charge in [-0.15, -0.1) is 0 Å². The number of rotatable bonds is 6. The maximum absolute atomic E-state index is 13.7. The van der Waals surface area contributed by atoms with Gasteiger partial charge in [0.25, 0.3) is 0 Å². The van der Waals surface area contributed by atoms with Crippen LogP contribution in [0.5, 0.6) is 5.75 Å². The van der Waals surface area contributed by atoms with E-state index in [4.69, 9.17) is 9.47 Å². The van der Waals surface area contributed by atoms with Gasteiger partial charge in [0.2, 0.25) is 10.0 Å². The van der Waals surface area contributed by atoms with E-state index in [0.717, 1.165) is 0 Å². The van der Waals surface area contributed by atoms with Crippen LogP contribution in [0.15, 0.2) is 30.6 Å². The van der Waals surface area contributed by atoms with Crippen molar-refractivity contribution in [3.63, 3.8) is 0 Å². The van der Waals surface area contributed by atoms with Crippen LogP contribution in [0.3, 0.4) is 0 Å². The van der Waals surface area contributed by atoms with E-state index in [1.165, 1.54) is 31.6 Å². The molecule has 0 amide bonds. The summed E-state index contributed by atoms with van der Waals surface area (Å²) in [5.41, 5.74) is 0.689.